The fourth-order valence-corrected chi connectivity index (χ4v) is 2.73. The molecule has 3 N–H and O–H groups in total. The van der Waals surface area contributed by atoms with E-state index in [-0.39, 0.29) is 11.8 Å². The van der Waals surface area contributed by atoms with Crippen LogP contribution in [-0.2, 0) is 4.79 Å². The molecule has 110 valence electrons. The summed E-state index contributed by atoms with van der Waals surface area (Å²) in [5.41, 5.74) is 5.43. The van der Waals surface area contributed by atoms with Gasteiger partial charge in [0.15, 0.2) is 5.16 Å². The molecule has 2 rings (SSSR count). The van der Waals surface area contributed by atoms with Crippen molar-refractivity contribution in [2.75, 3.05) is 36.1 Å². The van der Waals surface area contributed by atoms with Gasteiger partial charge in [-0.15, -0.1) is 0 Å². The second-order valence-corrected chi connectivity index (χ2v) is 5.59. The molecule has 0 aliphatic carbocycles. The molecule has 1 aromatic heterocycles. The highest BCUT2D eigenvalue weighted by Crippen LogP contribution is 2.25. The van der Waals surface area contributed by atoms with E-state index < -0.39 is 0 Å². The van der Waals surface area contributed by atoms with Gasteiger partial charge in [0.2, 0.25) is 5.91 Å². The molecule has 1 aromatic rings. The van der Waals surface area contributed by atoms with Gasteiger partial charge in [0.1, 0.15) is 11.6 Å². The Morgan fingerprint density at radius 3 is 3.05 bits per heavy atom. The van der Waals surface area contributed by atoms with Gasteiger partial charge in [-0.2, -0.15) is 0 Å². The van der Waals surface area contributed by atoms with Crippen LogP contribution in [0.3, 0.4) is 0 Å². The van der Waals surface area contributed by atoms with E-state index in [4.69, 9.17) is 5.73 Å². The highest BCUT2D eigenvalue weighted by atomic mass is 32.2. The first-order valence-electron chi connectivity index (χ1n) is 6.85. The summed E-state index contributed by atoms with van der Waals surface area (Å²) < 4.78 is 0. The molecule has 1 aliphatic rings. The number of carbonyl (C=O) groups excluding carboxylic acids is 1. The second kappa shape index (κ2) is 6.78. The zero-order chi connectivity index (χ0) is 14.5. The number of aromatic nitrogens is 2. The summed E-state index contributed by atoms with van der Waals surface area (Å²) in [6.45, 7) is 4.39. The maximum atomic E-state index is 11.4. The SMILES string of the molecule is CCNc1cc(N2CCCC(C(N)=O)C2)nc(SC)n1. The van der Waals surface area contributed by atoms with Gasteiger partial charge in [-0.1, -0.05) is 11.8 Å². The number of hydrogen-bond donors (Lipinski definition) is 2. The van der Waals surface area contributed by atoms with E-state index in [1.165, 1.54) is 11.8 Å². The summed E-state index contributed by atoms with van der Waals surface area (Å²) >= 11 is 1.51. The number of amides is 1. The van der Waals surface area contributed by atoms with Crippen molar-refractivity contribution in [3.05, 3.63) is 6.07 Å². The molecule has 1 amide bonds. The summed E-state index contributed by atoms with van der Waals surface area (Å²) in [7, 11) is 0. The van der Waals surface area contributed by atoms with E-state index in [2.05, 4.69) is 20.2 Å². The van der Waals surface area contributed by atoms with Crippen molar-refractivity contribution in [3.8, 4) is 0 Å². The summed E-state index contributed by atoms with van der Waals surface area (Å²) in [5, 5.41) is 3.95. The van der Waals surface area contributed by atoms with Crippen LogP contribution in [0.15, 0.2) is 11.2 Å². The van der Waals surface area contributed by atoms with Gasteiger partial charge >= 0.3 is 0 Å². The molecule has 0 saturated carbocycles. The Morgan fingerprint density at radius 2 is 2.40 bits per heavy atom. The fraction of sp³-hybridized carbons (Fsp3) is 0.615. The summed E-state index contributed by atoms with van der Waals surface area (Å²) in [4.78, 5) is 22.4. The van der Waals surface area contributed by atoms with E-state index in [1.807, 2.05) is 19.2 Å². The number of rotatable bonds is 5. The number of nitrogens with two attached hydrogens (primary N) is 1. The molecule has 1 saturated heterocycles. The molecule has 1 fully saturated rings. The Kier molecular flexibility index (Phi) is 5.05. The minimum absolute atomic E-state index is 0.0842. The Labute approximate surface area is 123 Å². The number of carbonyl (C=O) groups is 1. The van der Waals surface area contributed by atoms with Crippen LogP contribution in [0.25, 0.3) is 0 Å². The molecule has 7 heteroatoms. The smallest absolute Gasteiger partial charge is 0.222 e. The number of piperidine rings is 1. The lowest BCUT2D eigenvalue weighted by Gasteiger charge is -2.32. The Bertz CT molecular complexity index is 482. The van der Waals surface area contributed by atoms with Gasteiger partial charge < -0.3 is 16.0 Å². The third-order valence-electron chi connectivity index (χ3n) is 3.38. The predicted octanol–water partition coefficient (Wildman–Crippen LogP) is 1.33. The number of nitrogens with one attached hydrogen (secondary N) is 1. The summed E-state index contributed by atoms with van der Waals surface area (Å²) in [5.74, 6) is 1.38. The van der Waals surface area contributed by atoms with Crippen LogP contribution < -0.4 is 16.0 Å². The molecular formula is C13H21N5OS. The van der Waals surface area contributed by atoms with Gasteiger partial charge in [0, 0.05) is 25.7 Å². The van der Waals surface area contributed by atoms with Gasteiger partial charge in [-0.05, 0) is 26.0 Å². The topological polar surface area (TPSA) is 84.1 Å². The summed E-state index contributed by atoms with van der Waals surface area (Å²) in [6, 6.07) is 1.94. The lowest BCUT2D eigenvalue weighted by molar-refractivity contribution is -0.122. The molecule has 1 unspecified atom stereocenters. The van der Waals surface area contributed by atoms with Gasteiger partial charge in [-0.25, -0.2) is 9.97 Å². The molecular weight excluding hydrogens is 274 g/mol. The zero-order valence-electron chi connectivity index (χ0n) is 11.9. The number of nitrogens with zero attached hydrogens (tertiary/aromatic N) is 3. The van der Waals surface area contributed by atoms with E-state index in [0.29, 0.717) is 6.54 Å². The third kappa shape index (κ3) is 3.53. The van der Waals surface area contributed by atoms with Crippen LogP contribution in [0.5, 0.6) is 0 Å². The molecule has 0 aromatic carbocycles. The average Bonchev–Trinajstić information content (AvgIpc) is 2.47. The van der Waals surface area contributed by atoms with Crippen LogP contribution in [0, 0.1) is 5.92 Å². The van der Waals surface area contributed by atoms with Crippen molar-refractivity contribution >= 4 is 29.3 Å². The minimum atomic E-state index is -0.222. The molecule has 6 nitrogen and oxygen atoms in total. The minimum Gasteiger partial charge on any atom is -0.370 e. The molecule has 0 bridgehead atoms. The average molecular weight is 295 g/mol. The zero-order valence-corrected chi connectivity index (χ0v) is 12.7. The lowest BCUT2D eigenvalue weighted by Crippen LogP contribution is -2.41. The van der Waals surface area contributed by atoms with Crippen molar-refractivity contribution in [2.45, 2.75) is 24.9 Å². The fourth-order valence-electron chi connectivity index (χ4n) is 2.36. The maximum Gasteiger partial charge on any atom is 0.222 e. The van der Waals surface area contributed by atoms with Crippen LogP contribution in [-0.4, -0.2) is 41.8 Å². The second-order valence-electron chi connectivity index (χ2n) is 4.82. The molecule has 1 aliphatic heterocycles. The highest BCUT2D eigenvalue weighted by molar-refractivity contribution is 7.98. The molecule has 2 heterocycles. The maximum absolute atomic E-state index is 11.4. The van der Waals surface area contributed by atoms with E-state index in [0.717, 1.165) is 42.7 Å². The lowest BCUT2D eigenvalue weighted by atomic mass is 9.97. The molecule has 1 atom stereocenters. The standard InChI is InChI=1S/C13H21N5OS/c1-3-15-10-7-11(17-13(16-10)20-2)18-6-4-5-9(8-18)12(14)19/h7,9H,3-6,8H2,1-2H3,(H2,14,19)(H,15,16,17). The molecule has 20 heavy (non-hydrogen) atoms. The molecule has 0 spiro atoms. The van der Waals surface area contributed by atoms with Crippen molar-refractivity contribution in [3.63, 3.8) is 0 Å². The third-order valence-corrected chi connectivity index (χ3v) is 3.93. The first-order chi connectivity index (χ1) is 9.63. The number of hydrogen-bond acceptors (Lipinski definition) is 6. The monoisotopic (exact) mass is 295 g/mol. The predicted molar refractivity (Wildman–Crippen MR) is 82.1 cm³/mol. The van der Waals surface area contributed by atoms with E-state index in [9.17, 15) is 4.79 Å². The first-order valence-corrected chi connectivity index (χ1v) is 8.07. The van der Waals surface area contributed by atoms with Crippen LogP contribution >= 0.6 is 11.8 Å². The van der Waals surface area contributed by atoms with Crippen LogP contribution in [0.2, 0.25) is 0 Å². The van der Waals surface area contributed by atoms with Crippen molar-refractivity contribution in [1.29, 1.82) is 0 Å². The Hall–Kier alpha value is -1.50. The number of primary amides is 1. The van der Waals surface area contributed by atoms with E-state index in [1.54, 1.807) is 0 Å². The first kappa shape index (κ1) is 14.9. The number of thioether (sulfide) groups is 1. The normalized spacial score (nSPS) is 18.9. The van der Waals surface area contributed by atoms with Gasteiger partial charge in [0.25, 0.3) is 0 Å². The summed E-state index contributed by atoms with van der Waals surface area (Å²) in [6.07, 6.45) is 3.78. The highest BCUT2D eigenvalue weighted by Gasteiger charge is 2.25. The van der Waals surface area contributed by atoms with Gasteiger partial charge in [0.05, 0.1) is 5.92 Å². The van der Waals surface area contributed by atoms with Gasteiger partial charge in [-0.3, -0.25) is 4.79 Å². The quantitative estimate of drug-likeness (QED) is 0.630. The van der Waals surface area contributed by atoms with Crippen LogP contribution in [0.4, 0.5) is 11.6 Å². The van der Waals surface area contributed by atoms with E-state index >= 15 is 0 Å². The van der Waals surface area contributed by atoms with Crippen molar-refractivity contribution in [2.24, 2.45) is 11.7 Å². The van der Waals surface area contributed by atoms with Crippen molar-refractivity contribution < 1.29 is 4.79 Å². The van der Waals surface area contributed by atoms with Crippen LogP contribution in [0.1, 0.15) is 19.8 Å². The van der Waals surface area contributed by atoms with Crippen molar-refractivity contribution in [1.82, 2.24) is 9.97 Å². The largest absolute Gasteiger partial charge is 0.370 e. The number of anilines is 2. The molecule has 0 radical (unpaired) electrons. The Balaban J connectivity index is 2.21. The Morgan fingerprint density at radius 1 is 1.60 bits per heavy atom.